The van der Waals surface area contributed by atoms with Crippen LogP contribution in [0.5, 0.6) is 0 Å². The Morgan fingerprint density at radius 3 is 2.69 bits per heavy atom. The number of carbonyl (C=O) groups excluding carboxylic acids is 1. The molecule has 0 aliphatic heterocycles. The van der Waals surface area contributed by atoms with Gasteiger partial charge < -0.3 is 5.32 Å². The molecule has 29 heavy (non-hydrogen) atoms. The second-order valence-electron chi connectivity index (χ2n) is 7.06. The van der Waals surface area contributed by atoms with Crippen LogP contribution in [-0.4, -0.2) is 25.5 Å². The number of halogens is 1. The lowest BCUT2D eigenvalue weighted by molar-refractivity contribution is -0.116. The number of nitrogens with zero attached hydrogens (tertiary/aromatic N) is 4. The molecule has 0 saturated heterocycles. The topological polar surface area (TPSA) is 64.7 Å². The van der Waals surface area contributed by atoms with Crippen LogP contribution >= 0.6 is 11.6 Å². The maximum atomic E-state index is 12.6. The molecule has 4 aromatic rings. The third-order valence-corrected chi connectivity index (χ3v) is 5.21. The first-order valence-electron chi connectivity index (χ1n) is 9.50. The monoisotopic (exact) mass is 407 g/mol. The summed E-state index contributed by atoms with van der Waals surface area (Å²) in [5, 5.41) is 13.6. The van der Waals surface area contributed by atoms with Crippen LogP contribution in [0.3, 0.4) is 0 Å². The Balaban J connectivity index is 1.43. The minimum Gasteiger partial charge on any atom is -0.323 e. The Morgan fingerprint density at radius 1 is 1.10 bits per heavy atom. The van der Waals surface area contributed by atoms with Crippen LogP contribution in [-0.2, 0) is 17.9 Å². The van der Waals surface area contributed by atoms with E-state index < -0.39 is 0 Å². The highest BCUT2D eigenvalue weighted by Crippen LogP contribution is 2.22. The van der Waals surface area contributed by atoms with Crippen molar-refractivity contribution in [1.82, 2.24) is 19.6 Å². The molecule has 0 saturated carbocycles. The van der Waals surface area contributed by atoms with Crippen molar-refractivity contribution in [2.45, 2.75) is 33.4 Å². The number of aromatic nitrogens is 4. The minimum atomic E-state index is -0.0620. The fourth-order valence-corrected chi connectivity index (χ4v) is 3.61. The van der Waals surface area contributed by atoms with Crippen LogP contribution < -0.4 is 5.32 Å². The second-order valence-corrected chi connectivity index (χ2v) is 7.49. The van der Waals surface area contributed by atoms with E-state index in [-0.39, 0.29) is 5.91 Å². The molecule has 148 valence electrons. The van der Waals surface area contributed by atoms with Crippen molar-refractivity contribution in [3.63, 3.8) is 0 Å². The van der Waals surface area contributed by atoms with E-state index >= 15 is 0 Å². The van der Waals surface area contributed by atoms with Crippen molar-refractivity contribution < 1.29 is 4.79 Å². The van der Waals surface area contributed by atoms with Gasteiger partial charge in [0.25, 0.3) is 0 Å². The van der Waals surface area contributed by atoms with Crippen LogP contribution in [0.1, 0.15) is 23.4 Å². The zero-order chi connectivity index (χ0) is 20.4. The zero-order valence-corrected chi connectivity index (χ0v) is 17.1. The van der Waals surface area contributed by atoms with Gasteiger partial charge in [0.15, 0.2) is 0 Å². The Kier molecular flexibility index (Phi) is 5.36. The molecule has 2 aromatic carbocycles. The first kappa shape index (κ1) is 19.2. The van der Waals surface area contributed by atoms with Crippen LogP contribution in [0.2, 0.25) is 5.02 Å². The summed E-state index contributed by atoms with van der Waals surface area (Å²) in [4.78, 5) is 12.6. The van der Waals surface area contributed by atoms with Crippen LogP contribution in [0.15, 0.2) is 54.7 Å². The quantitative estimate of drug-likeness (QED) is 0.508. The molecule has 7 heteroatoms. The third-order valence-electron chi connectivity index (χ3n) is 4.98. The largest absolute Gasteiger partial charge is 0.323 e. The molecule has 0 unspecified atom stereocenters. The molecule has 6 nitrogen and oxygen atoms in total. The van der Waals surface area contributed by atoms with Crippen molar-refractivity contribution in [3.05, 3.63) is 76.7 Å². The molecule has 2 heterocycles. The molecule has 0 radical (unpaired) electrons. The Morgan fingerprint density at radius 2 is 1.90 bits per heavy atom. The van der Waals surface area contributed by atoms with Crippen molar-refractivity contribution in [3.8, 4) is 0 Å². The number of carbonyl (C=O) groups is 1. The maximum Gasteiger partial charge on any atom is 0.226 e. The van der Waals surface area contributed by atoms with Gasteiger partial charge in [0.2, 0.25) is 5.91 Å². The number of anilines is 1. The van der Waals surface area contributed by atoms with Gasteiger partial charge in [-0.1, -0.05) is 41.9 Å². The van der Waals surface area contributed by atoms with Gasteiger partial charge in [0.05, 0.1) is 41.9 Å². The highest BCUT2D eigenvalue weighted by atomic mass is 35.5. The van der Waals surface area contributed by atoms with Gasteiger partial charge in [0, 0.05) is 16.8 Å². The molecule has 1 N–H and O–H groups in total. The minimum absolute atomic E-state index is 0.0620. The van der Waals surface area contributed by atoms with Crippen molar-refractivity contribution >= 4 is 34.1 Å². The highest BCUT2D eigenvalue weighted by Gasteiger charge is 2.15. The zero-order valence-electron chi connectivity index (χ0n) is 16.4. The summed E-state index contributed by atoms with van der Waals surface area (Å²) in [6, 6.07) is 15.8. The highest BCUT2D eigenvalue weighted by molar-refractivity contribution is 6.31. The van der Waals surface area contributed by atoms with E-state index in [1.807, 2.05) is 59.6 Å². The average molecular weight is 408 g/mol. The molecular weight excluding hydrogens is 386 g/mol. The summed E-state index contributed by atoms with van der Waals surface area (Å²) >= 11 is 6.02. The predicted octanol–water partition coefficient (Wildman–Crippen LogP) is 4.58. The molecule has 0 aliphatic carbocycles. The van der Waals surface area contributed by atoms with Crippen LogP contribution in [0.4, 0.5) is 5.69 Å². The van der Waals surface area contributed by atoms with Crippen molar-refractivity contribution in [2.75, 3.05) is 5.32 Å². The first-order valence-corrected chi connectivity index (χ1v) is 9.88. The molecule has 4 rings (SSSR count). The number of benzene rings is 2. The number of hydrogen-bond donors (Lipinski definition) is 1. The average Bonchev–Trinajstić information content (AvgIpc) is 3.22. The van der Waals surface area contributed by atoms with Gasteiger partial charge in [-0.2, -0.15) is 10.2 Å². The number of fused-ring (bicyclic) bond motifs is 1. The number of nitrogens with one attached hydrogen (secondary N) is 1. The fraction of sp³-hybridized carbons (Fsp3) is 0.227. The molecular formula is C22H22ClN5O. The SMILES string of the molecule is Cc1nn(Cc2ccccc2)c(C)c1NC(=O)CCn1ncc2cc(Cl)ccc21. The molecule has 0 atom stereocenters. The van der Waals surface area contributed by atoms with Gasteiger partial charge >= 0.3 is 0 Å². The van der Waals surface area contributed by atoms with Crippen molar-refractivity contribution in [1.29, 1.82) is 0 Å². The van der Waals surface area contributed by atoms with E-state index in [1.165, 1.54) is 5.56 Å². The standard InChI is InChI=1S/C22H22ClN5O/c1-15-22(16(2)28(26-15)14-17-6-4-3-5-7-17)25-21(29)10-11-27-20-9-8-19(23)12-18(20)13-24-27/h3-9,12-13H,10-11,14H2,1-2H3,(H,25,29). The Labute approximate surface area is 174 Å². The molecule has 0 fully saturated rings. The van der Waals surface area contributed by atoms with E-state index in [0.29, 0.717) is 24.5 Å². The number of hydrogen-bond acceptors (Lipinski definition) is 3. The Hall–Kier alpha value is -3.12. The van der Waals surface area contributed by atoms with E-state index in [1.54, 1.807) is 6.20 Å². The summed E-state index contributed by atoms with van der Waals surface area (Å²) in [6.45, 7) is 5.05. The fourth-order valence-electron chi connectivity index (χ4n) is 3.43. The third kappa shape index (κ3) is 4.17. The lowest BCUT2D eigenvalue weighted by Gasteiger charge is -2.08. The van der Waals surface area contributed by atoms with Gasteiger partial charge in [-0.3, -0.25) is 14.2 Å². The van der Waals surface area contributed by atoms with Gasteiger partial charge in [0.1, 0.15) is 0 Å². The number of amides is 1. The molecule has 0 spiro atoms. The van der Waals surface area contributed by atoms with E-state index in [2.05, 4.69) is 27.6 Å². The van der Waals surface area contributed by atoms with E-state index in [0.717, 1.165) is 28.0 Å². The normalized spacial score (nSPS) is 11.1. The lowest BCUT2D eigenvalue weighted by Crippen LogP contribution is -2.16. The number of aryl methyl sites for hydroxylation is 2. The molecule has 1 amide bonds. The summed E-state index contributed by atoms with van der Waals surface area (Å²) in [5.74, 6) is -0.0620. The summed E-state index contributed by atoms with van der Waals surface area (Å²) in [5.41, 5.74) is 4.67. The smallest absolute Gasteiger partial charge is 0.226 e. The van der Waals surface area contributed by atoms with Gasteiger partial charge in [-0.05, 0) is 37.6 Å². The molecule has 2 aromatic heterocycles. The van der Waals surface area contributed by atoms with Gasteiger partial charge in [-0.15, -0.1) is 0 Å². The first-order chi connectivity index (χ1) is 14.0. The van der Waals surface area contributed by atoms with Gasteiger partial charge in [-0.25, -0.2) is 0 Å². The summed E-state index contributed by atoms with van der Waals surface area (Å²) < 4.78 is 3.74. The number of rotatable bonds is 6. The predicted molar refractivity (Wildman–Crippen MR) is 115 cm³/mol. The van der Waals surface area contributed by atoms with Crippen molar-refractivity contribution in [2.24, 2.45) is 0 Å². The lowest BCUT2D eigenvalue weighted by atomic mass is 10.2. The molecule has 0 aliphatic rings. The maximum absolute atomic E-state index is 12.6. The van der Waals surface area contributed by atoms with Crippen LogP contribution in [0, 0.1) is 13.8 Å². The van der Waals surface area contributed by atoms with E-state index in [4.69, 9.17) is 11.6 Å². The van der Waals surface area contributed by atoms with Crippen LogP contribution in [0.25, 0.3) is 10.9 Å². The summed E-state index contributed by atoms with van der Waals surface area (Å²) in [6.07, 6.45) is 2.09. The second kappa shape index (κ2) is 8.09. The molecule has 0 bridgehead atoms. The summed E-state index contributed by atoms with van der Waals surface area (Å²) in [7, 11) is 0. The van der Waals surface area contributed by atoms with E-state index in [9.17, 15) is 4.79 Å². The Bertz CT molecular complexity index is 1160.